The molecule has 0 aliphatic carbocycles. The van der Waals surface area contributed by atoms with Crippen LogP contribution in [0.25, 0.3) is 0 Å². The number of unbranched alkanes of at least 4 members (excludes halogenated alkanes) is 2. The average molecular weight is 170 g/mol. The van der Waals surface area contributed by atoms with E-state index in [1.54, 1.807) is 0 Å². The van der Waals surface area contributed by atoms with Gasteiger partial charge < -0.3 is 4.74 Å². The topological polar surface area (TPSA) is 26.3 Å². The summed E-state index contributed by atoms with van der Waals surface area (Å²) in [6.45, 7) is 6.50. The molecule has 0 atom stereocenters. The first-order valence-corrected chi connectivity index (χ1v) is 4.49. The van der Waals surface area contributed by atoms with E-state index in [2.05, 4.69) is 6.92 Å². The molecule has 0 radical (unpaired) electrons. The minimum Gasteiger partial charge on any atom is -0.434 e. The molecule has 0 saturated heterocycles. The van der Waals surface area contributed by atoms with Crippen molar-refractivity contribution < 1.29 is 9.53 Å². The molecule has 0 unspecified atom stereocenters. The van der Waals surface area contributed by atoms with Gasteiger partial charge in [0.15, 0.2) is 0 Å². The minimum atomic E-state index is 0.485. The third kappa shape index (κ3) is 4.94. The van der Waals surface area contributed by atoms with Gasteiger partial charge in [0.25, 0.3) is 6.47 Å². The zero-order valence-electron chi connectivity index (χ0n) is 8.22. The lowest BCUT2D eigenvalue weighted by atomic mass is 10.1. The Morgan fingerprint density at radius 2 is 2.00 bits per heavy atom. The number of ether oxygens (including phenoxy) is 1. The van der Waals surface area contributed by atoms with Gasteiger partial charge in [-0.25, -0.2) is 0 Å². The zero-order valence-corrected chi connectivity index (χ0v) is 8.22. The van der Waals surface area contributed by atoms with Crippen LogP contribution < -0.4 is 0 Å². The van der Waals surface area contributed by atoms with Crippen molar-refractivity contribution in [2.45, 2.75) is 46.5 Å². The Kier molecular flexibility index (Phi) is 6.44. The SMILES string of the molecule is CCCCCC(C)=C(C)OC=O. The maximum absolute atomic E-state index is 9.99. The monoisotopic (exact) mass is 170 g/mol. The van der Waals surface area contributed by atoms with E-state index in [9.17, 15) is 4.79 Å². The van der Waals surface area contributed by atoms with E-state index in [0.29, 0.717) is 6.47 Å². The fourth-order valence-electron chi connectivity index (χ4n) is 0.989. The zero-order chi connectivity index (χ0) is 9.40. The van der Waals surface area contributed by atoms with Gasteiger partial charge in [-0.2, -0.15) is 0 Å². The normalized spacial score (nSPS) is 12.2. The summed E-state index contributed by atoms with van der Waals surface area (Å²) in [6, 6.07) is 0. The molecule has 0 bridgehead atoms. The van der Waals surface area contributed by atoms with Crippen molar-refractivity contribution in [3.63, 3.8) is 0 Å². The molecule has 70 valence electrons. The number of rotatable bonds is 6. The summed E-state index contributed by atoms with van der Waals surface area (Å²) in [5.74, 6) is 0.751. The molecule has 0 N–H and O–H groups in total. The smallest absolute Gasteiger partial charge is 0.298 e. The van der Waals surface area contributed by atoms with Crippen LogP contribution in [0.15, 0.2) is 11.3 Å². The van der Waals surface area contributed by atoms with Crippen LogP contribution in [0.5, 0.6) is 0 Å². The molecule has 0 amide bonds. The van der Waals surface area contributed by atoms with Crippen molar-refractivity contribution in [3.05, 3.63) is 11.3 Å². The average Bonchev–Trinajstić information content (AvgIpc) is 2.05. The van der Waals surface area contributed by atoms with Crippen molar-refractivity contribution in [3.8, 4) is 0 Å². The first kappa shape index (κ1) is 11.2. The first-order chi connectivity index (χ1) is 5.72. The lowest BCUT2D eigenvalue weighted by Gasteiger charge is -2.04. The largest absolute Gasteiger partial charge is 0.434 e. The number of allylic oxidation sites excluding steroid dienone is 2. The molecule has 0 fully saturated rings. The Labute approximate surface area is 74.6 Å². The van der Waals surface area contributed by atoms with Crippen LogP contribution in [0.4, 0.5) is 0 Å². The van der Waals surface area contributed by atoms with E-state index in [0.717, 1.165) is 12.2 Å². The van der Waals surface area contributed by atoms with E-state index in [4.69, 9.17) is 4.74 Å². The van der Waals surface area contributed by atoms with Gasteiger partial charge in [-0.3, -0.25) is 4.79 Å². The second-order valence-electron chi connectivity index (χ2n) is 3.01. The molecule has 2 heteroatoms. The molecular weight excluding hydrogens is 152 g/mol. The molecule has 0 aliphatic rings. The maximum Gasteiger partial charge on any atom is 0.298 e. The van der Waals surface area contributed by atoms with E-state index in [-0.39, 0.29) is 0 Å². The Balaban J connectivity index is 3.73. The standard InChI is InChI=1S/C10H18O2/c1-4-5-6-7-9(2)10(3)12-8-11/h8H,4-7H2,1-3H3. The fraction of sp³-hybridized carbons (Fsp3) is 0.700. The molecule has 0 rings (SSSR count). The third-order valence-corrected chi connectivity index (χ3v) is 1.98. The van der Waals surface area contributed by atoms with E-state index < -0.39 is 0 Å². The summed E-state index contributed by atoms with van der Waals surface area (Å²) in [7, 11) is 0. The van der Waals surface area contributed by atoms with Crippen LogP contribution in [0, 0.1) is 0 Å². The molecule has 0 aromatic heterocycles. The highest BCUT2D eigenvalue weighted by atomic mass is 16.5. The molecular formula is C10H18O2. The van der Waals surface area contributed by atoms with Crippen LogP contribution in [0.2, 0.25) is 0 Å². The second-order valence-corrected chi connectivity index (χ2v) is 3.01. The van der Waals surface area contributed by atoms with Gasteiger partial charge in [0, 0.05) is 0 Å². The quantitative estimate of drug-likeness (QED) is 0.348. The Hall–Kier alpha value is -0.790. The molecule has 0 aromatic carbocycles. The second kappa shape index (κ2) is 6.89. The molecule has 0 saturated carbocycles. The summed E-state index contributed by atoms with van der Waals surface area (Å²) < 4.78 is 4.73. The predicted octanol–water partition coefficient (Wildman–Crippen LogP) is 3.03. The minimum absolute atomic E-state index is 0.485. The fourth-order valence-corrected chi connectivity index (χ4v) is 0.989. The van der Waals surface area contributed by atoms with Gasteiger partial charge in [-0.15, -0.1) is 0 Å². The van der Waals surface area contributed by atoms with Crippen LogP contribution >= 0.6 is 0 Å². The van der Waals surface area contributed by atoms with Gasteiger partial charge in [0.2, 0.25) is 0 Å². The van der Waals surface area contributed by atoms with E-state index in [1.165, 1.54) is 24.8 Å². The highest BCUT2D eigenvalue weighted by molar-refractivity contribution is 5.40. The number of carbonyl (C=O) groups excluding carboxylic acids is 1. The number of hydrogen-bond acceptors (Lipinski definition) is 2. The van der Waals surface area contributed by atoms with Crippen molar-refractivity contribution in [1.82, 2.24) is 0 Å². The van der Waals surface area contributed by atoms with Crippen LogP contribution in [-0.2, 0) is 9.53 Å². The summed E-state index contributed by atoms with van der Waals surface area (Å²) in [5.41, 5.74) is 1.18. The van der Waals surface area contributed by atoms with Crippen molar-refractivity contribution >= 4 is 6.47 Å². The number of hydrogen-bond donors (Lipinski definition) is 0. The Bertz CT molecular complexity index is 159. The third-order valence-electron chi connectivity index (χ3n) is 1.98. The van der Waals surface area contributed by atoms with Crippen LogP contribution in [0.3, 0.4) is 0 Å². The van der Waals surface area contributed by atoms with E-state index in [1.807, 2.05) is 13.8 Å². The van der Waals surface area contributed by atoms with E-state index >= 15 is 0 Å². The highest BCUT2D eigenvalue weighted by Gasteiger charge is 1.97. The van der Waals surface area contributed by atoms with Crippen molar-refractivity contribution in [1.29, 1.82) is 0 Å². The number of carbonyl (C=O) groups is 1. The molecule has 0 aliphatic heterocycles. The maximum atomic E-state index is 9.99. The molecule has 0 spiro atoms. The Morgan fingerprint density at radius 3 is 2.50 bits per heavy atom. The lowest BCUT2D eigenvalue weighted by molar-refractivity contribution is -0.125. The molecule has 2 nitrogen and oxygen atoms in total. The molecule has 12 heavy (non-hydrogen) atoms. The van der Waals surface area contributed by atoms with Crippen LogP contribution in [-0.4, -0.2) is 6.47 Å². The molecule has 0 aromatic rings. The predicted molar refractivity (Wildman–Crippen MR) is 49.7 cm³/mol. The van der Waals surface area contributed by atoms with Gasteiger partial charge in [0.1, 0.15) is 5.76 Å². The summed E-state index contributed by atoms with van der Waals surface area (Å²) in [4.78, 5) is 9.99. The van der Waals surface area contributed by atoms with Crippen molar-refractivity contribution in [2.24, 2.45) is 0 Å². The summed E-state index contributed by atoms with van der Waals surface area (Å²) >= 11 is 0. The van der Waals surface area contributed by atoms with Gasteiger partial charge in [-0.05, 0) is 32.3 Å². The first-order valence-electron chi connectivity index (χ1n) is 4.49. The lowest BCUT2D eigenvalue weighted by Crippen LogP contribution is -1.90. The highest BCUT2D eigenvalue weighted by Crippen LogP contribution is 2.12. The Morgan fingerprint density at radius 1 is 1.33 bits per heavy atom. The summed E-state index contributed by atoms with van der Waals surface area (Å²) in [6.07, 6.45) is 4.68. The van der Waals surface area contributed by atoms with Gasteiger partial charge in [0.05, 0.1) is 0 Å². The van der Waals surface area contributed by atoms with Gasteiger partial charge in [-0.1, -0.05) is 19.8 Å². The molecule has 0 heterocycles. The summed E-state index contributed by atoms with van der Waals surface area (Å²) in [5, 5.41) is 0. The van der Waals surface area contributed by atoms with Crippen LogP contribution in [0.1, 0.15) is 46.5 Å². The van der Waals surface area contributed by atoms with Gasteiger partial charge >= 0.3 is 0 Å². The van der Waals surface area contributed by atoms with Crippen molar-refractivity contribution in [2.75, 3.05) is 0 Å².